The molecule has 0 radical (unpaired) electrons. The van der Waals surface area contributed by atoms with Crippen LogP contribution in [0.2, 0.25) is 0 Å². The molecule has 76 valence electrons. The number of benzene rings is 1. The summed E-state index contributed by atoms with van der Waals surface area (Å²) in [4.78, 5) is 0. The summed E-state index contributed by atoms with van der Waals surface area (Å²) >= 11 is 5.62. The highest BCUT2D eigenvalue weighted by Crippen LogP contribution is 2.44. The van der Waals surface area contributed by atoms with Crippen LogP contribution in [0, 0.1) is 6.92 Å². The Morgan fingerprint density at radius 1 is 1.36 bits per heavy atom. The third-order valence-electron chi connectivity index (χ3n) is 2.08. The Morgan fingerprint density at radius 2 is 2.07 bits per heavy atom. The molecule has 1 aliphatic heterocycles. The summed E-state index contributed by atoms with van der Waals surface area (Å²) in [5.74, 6) is 0.392. The predicted molar refractivity (Wildman–Crippen MR) is 46.9 cm³/mol. The molecule has 0 spiro atoms. The molecule has 0 saturated carbocycles. The van der Waals surface area contributed by atoms with Crippen molar-refractivity contribution in [3.63, 3.8) is 0 Å². The van der Waals surface area contributed by atoms with Gasteiger partial charge in [-0.15, -0.1) is 20.4 Å². The fourth-order valence-corrected chi connectivity index (χ4v) is 1.62. The van der Waals surface area contributed by atoms with Crippen LogP contribution in [0.3, 0.4) is 0 Å². The lowest BCUT2D eigenvalue weighted by molar-refractivity contribution is -0.286. The molecule has 2 nitrogen and oxygen atoms in total. The Labute approximate surface area is 84.4 Å². The molecule has 0 amide bonds. The van der Waals surface area contributed by atoms with E-state index < -0.39 is 6.29 Å². The molecule has 14 heavy (non-hydrogen) atoms. The van der Waals surface area contributed by atoms with Crippen molar-refractivity contribution in [1.82, 2.24) is 0 Å². The molecule has 0 aliphatic carbocycles. The normalized spacial score (nSPS) is 17.1. The molecule has 1 aromatic rings. The van der Waals surface area contributed by atoms with E-state index in [0.29, 0.717) is 5.56 Å². The van der Waals surface area contributed by atoms with Crippen molar-refractivity contribution >= 4 is 11.6 Å². The molecule has 5 heteroatoms. The fourth-order valence-electron chi connectivity index (χ4n) is 1.33. The number of rotatable bonds is 1. The number of alkyl halides is 3. The zero-order chi connectivity index (χ0) is 10.3. The van der Waals surface area contributed by atoms with E-state index in [2.05, 4.69) is 9.47 Å². The van der Waals surface area contributed by atoms with E-state index in [1.165, 1.54) is 6.07 Å². The highest BCUT2D eigenvalue weighted by Gasteiger charge is 2.44. The van der Waals surface area contributed by atoms with Crippen molar-refractivity contribution in [3.05, 3.63) is 23.3 Å². The van der Waals surface area contributed by atoms with E-state index in [-0.39, 0.29) is 17.4 Å². The van der Waals surface area contributed by atoms with Gasteiger partial charge in [-0.25, -0.2) is 0 Å². The Balaban J connectivity index is 2.48. The third-order valence-corrected chi connectivity index (χ3v) is 2.36. The van der Waals surface area contributed by atoms with Crippen LogP contribution >= 0.6 is 11.6 Å². The standard InChI is InChI=1S/C9H7ClF2O2/c1-5-6(4-10)2-3-7-8(5)14-9(11,12)13-7/h2-3H,4H2,1H3. The third kappa shape index (κ3) is 1.39. The van der Waals surface area contributed by atoms with Crippen molar-refractivity contribution in [2.45, 2.75) is 19.1 Å². The molecule has 0 fully saturated rings. The largest absolute Gasteiger partial charge is 0.586 e. The van der Waals surface area contributed by atoms with Gasteiger partial charge < -0.3 is 9.47 Å². The fraction of sp³-hybridized carbons (Fsp3) is 0.333. The highest BCUT2D eigenvalue weighted by molar-refractivity contribution is 6.17. The van der Waals surface area contributed by atoms with Crippen LogP contribution in [0.1, 0.15) is 11.1 Å². The number of halogens is 3. The monoisotopic (exact) mass is 220 g/mol. The zero-order valence-corrected chi connectivity index (χ0v) is 8.07. The van der Waals surface area contributed by atoms with Gasteiger partial charge in [0.2, 0.25) is 0 Å². The van der Waals surface area contributed by atoms with Crippen LogP contribution in [-0.2, 0) is 5.88 Å². The minimum absolute atomic E-state index is 0.0568. The number of ether oxygens (including phenoxy) is 2. The van der Waals surface area contributed by atoms with Gasteiger partial charge in [-0.2, -0.15) is 0 Å². The minimum atomic E-state index is -3.56. The lowest BCUT2D eigenvalue weighted by Crippen LogP contribution is -2.26. The second-order valence-corrected chi connectivity index (χ2v) is 3.25. The molecule has 1 aromatic carbocycles. The van der Waals surface area contributed by atoms with Crippen LogP contribution in [-0.4, -0.2) is 6.29 Å². The van der Waals surface area contributed by atoms with Crippen LogP contribution in [0.4, 0.5) is 8.78 Å². The van der Waals surface area contributed by atoms with E-state index in [1.54, 1.807) is 13.0 Å². The molecule has 0 saturated heterocycles. The second kappa shape index (κ2) is 2.98. The molecule has 1 aliphatic rings. The van der Waals surface area contributed by atoms with Gasteiger partial charge in [0.05, 0.1) is 0 Å². The maximum atomic E-state index is 12.7. The molecule has 2 rings (SSSR count). The highest BCUT2D eigenvalue weighted by atomic mass is 35.5. The summed E-state index contributed by atoms with van der Waals surface area (Å²) in [5.41, 5.74) is 1.35. The summed E-state index contributed by atoms with van der Waals surface area (Å²) in [7, 11) is 0. The van der Waals surface area contributed by atoms with Gasteiger partial charge in [0.15, 0.2) is 11.5 Å². The van der Waals surface area contributed by atoms with E-state index in [1.807, 2.05) is 0 Å². The van der Waals surface area contributed by atoms with Gasteiger partial charge in [0.25, 0.3) is 0 Å². The first-order chi connectivity index (χ1) is 6.53. The smallest absolute Gasteiger partial charge is 0.395 e. The van der Waals surface area contributed by atoms with E-state index in [9.17, 15) is 8.78 Å². The van der Waals surface area contributed by atoms with E-state index in [4.69, 9.17) is 11.6 Å². The molecular formula is C9H7ClF2O2. The second-order valence-electron chi connectivity index (χ2n) is 2.98. The Bertz CT molecular complexity index is 379. The lowest BCUT2D eigenvalue weighted by Gasteiger charge is -2.06. The summed E-state index contributed by atoms with van der Waals surface area (Å²) in [5, 5.41) is 0. The Hall–Kier alpha value is -1.03. The summed E-state index contributed by atoms with van der Waals surface area (Å²) in [6, 6.07) is 3.08. The number of hydrogen-bond acceptors (Lipinski definition) is 2. The first kappa shape index (κ1) is 9.52. The minimum Gasteiger partial charge on any atom is -0.395 e. The van der Waals surface area contributed by atoms with Crippen LogP contribution < -0.4 is 9.47 Å². The van der Waals surface area contributed by atoms with E-state index >= 15 is 0 Å². The molecule has 0 atom stereocenters. The van der Waals surface area contributed by atoms with Gasteiger partial charge in [-0.3, -0.25) is 0 Å². The Kier molecular flexibility index (Phi) is 2.03. The molecule has 0 bridgehead atoms. The van der Waals surface area contributed by atoms with Crippen LogP contribution in [0.25, 0.3) is 0 Å². The van der Waals surface area contributed by atoms with Gasteiger partial charge in [0, 0.05) is 5.88 Å². The molecular weight excluding hydrogens is 214 g/mol. The van der Waals surface area contributed by atoms with Crippen molar-refractivity contribution in [1.29, 1.82) is 0 Å². The van der Waals surface area contributed by atoms with Crippen molar-refractivity contribution in [2.75, 3.05) is 0 Å². The average molecular weight is 221 g/mol. The SMILES string of the molecule is Cc1c(CCl)ccc2c1OC(F)(F)O2. The summed E-state index contributed by atoms with van der Waals surface area (Å²) in [6.07, 6.45) is -3.56. The predicted octanol–water partition coefficient (Wildman–Crippen LogP) is 3.06. The van der Waals surface area contributed by atoms with Crippen molar-refractivity contribution < 1.29 is 18.3 Å². The maximum Gasteiger partial charge on any atom is 0.586 e. The molecule has 0 unspecified atom stereocenters. The number of hydrogen-bond donors (Lipinski definition) is 0. The van der Waals surface area contributed by atoms with Crippen LogP contribution in [0.15, 0.2) is 12.1 Å². The van der Waals surface area contributed by atoms with Crippen molar-refractivity contribution in [3.8, 4) is 11.5 Å². The van der Waals surface area contributed by atoms with Gasteiger partial charge in [-0.1, -0.05) is 6.07 Å². The maximum absolute atomic E-state index is 12.7. The van der Waals surface area contributed by atoms with Crippen LogP contribution in [0.5, 0.6) is 11.5 Å². The quantitative estimate of drug-likeness (QED) is 0.678. The molecule has 0 aromatic heterocycles. The van der Waals surface area contributed by atoms with Gasteiger partial charge in [-0.05, 0) is 24.1 Å². The first-order valence-corrected chi connectivity index (χ1v) is 4.51. The van der Waals surface area contributed by atoms with Crippen molar-refractivity contribution in [2.24, 2.45) is 0 Å². The lowest BCUT2D eigenvalue weighted by atomic mass is 10.1. The Morgan fingerprint density at radius 3 is 2.71 bits per heavy atom. The zero-order valence-electron chi connectivity index (χ0n) is 7.31. The first-order valence-electron chi connectivity index (χ1n) is 3.98. The number of fused-ring (bicyclic) bond motifs is 1. The summed E-state index contributed by atoms with van der Waals surface area (Å²) in [6.45, 7) is 1.67. The van der Waals surface area contributed by atoms with E-state index in [0.717, 1.165) is 5.56 Å². The van der Waals surface area contributed by atoms with Gasteiger partial charge in [0.1, 0.15) is 0 Å². The van der Waals surface area contributed by atoms with Gasteiger partial charge >= 0.3 is 6.29 Å². The molecule has 1 heterocycles. The average Bonchev–Trinajstić information content (AvgIpc) is 2.42. The topological polar surface area (TPSA) is 18.5 Å². The summed E-state index contributed by atoms with van der Waals surface area (Å²) < 4.78 is 34.0. The molecule has 0 N–H and O–H groups in total.